The van der Waals surface area contributed by atoms with Gasteiger partial charge in [-0.1, -0.05) is 30.9 Å². The fourth-order valence-electron chi connectivity index (χ4n) is 3.82. The van der Waals surface area contributed by atoms with Crippen LogP contribution in [-0.2, 0) is 9.53 Å². The van der Waals surface area contributed by atoms with E-state index in [1.807, 2.05) is 37.3 Å². The molecule has 5 heteroatoms. The van der Waals surface area contributed by atoms with Crippen molar-refractivity contribution in [1.29, 1.82) is 0 Å². The van der Waals surface area contributed by atoms with Crippen molar-refractivity contribution in [3.63, 3.8) is 0 Å². The lowest BCUT2D eigenvalue weighted by Crippen LogP contribution is -2.31. The predicted molar refractivity (Wildman–Crippen MR) is 113 cm³/mol. The second-order valence-electron chi connectivity index (χ2n) is 7.27. The van der Waals surface area contributed by atoms with Gasteiger partial charge in [0.15, 0.2) is 17.3 Å². The Morgan fingerprint density at radius 1 is 1.10 bits per heavy atom. The molecule has 2 atom stereocenters. The number of carbonyl (C=O) groups excluding carboxylic acids is 1. The Hall–Kier alpha value is -2.71. The first-order chi connectivity index (χ1) is 14.1. The minimum Gasteiger partial charge on any atom is -0.496 e. The number of allylic oxidation sites excluding steroid dienone is 2. The highest BCUT2D eigenvalue weighted by Gasteiger charge is 2.26. The Morgan fingerprint density at radius 2 is 1.83 bits per heavy atom. The third kappa shape index (κ3) is 4.65. The SMILES string of the molecule is COC1=C[C@@H](N2CCCC2)C#CCC=C1C(=O)[C@@H](C)c1ccc(OC)c(OC)c1. The van der Waals surface area contributed by atoms with Crippen molar-refractivity contribution in [1.82, 2.24) is 4.90 Å². The molecule has 0 bridgehead atoms. The summed E-state index contributed by atoms with van der Waals surface area (Å²) in [6, 6.07) is 5.57. The van der Waals surface area contributed by atoms with E-state index < -0.39 is 0 Å². The Labute approximate surface area is 173 Å². The van der Waals surface area contributed by atoms with E-state index in [0.29, 0.717) is 29.3 Å². The lowest BCUT2D eigenvalue weighted by molar-refractivity contribution is -0.116. The van der Waals surface area contributed by atoms with Gasteiger partial charge in [0.1, 0.15) is 5.76 Å². The highest BCUT2D eigenvalue weighted by atomic mass is 16.5. The van der Waals surface area contributed by atoms with Crippen LogP contribution in [0, 0.1) is 11.8 Å². The average Bonchev–Trinajstić information content (AvgIpc) is 3.27. The number of nitrogens with zero attached hydrogens (tertiary/aromatic N) is 1. The molecule has 1 aromatic carbocycles. The maximum absolute atomic E-state index is 13.4. The van der Waals surface area contributed by atoms with Gasteiger partial charge in [0.25, 0.3) is 0 Å². The number of rotatable bonds is 7. The van der Waals surface area contributed by atoms with Crippen LogP contribution in [-0.4, -0.2) is 51.1 Å². The first-order valence-corrected chi connectivity index (χ1v) is 10.0. The highest BCUT2D eigenvalue weighted by molar-refractivity contribution is 6.03. The van der Waals surface area contributed by atoms with Crippen molar-refractivity contribution in [2.24, 2.45) is 0 Å². The molecule has 1 aliphatic carbocycles. The van der Waals surface area contributed by atoms with E-state index in [9.17, 15) is 4.79 Å². The summed E-state index contributed by atoms with van der Waals surface area (Å²) in [7, 11) is 4.80. The minimum atomic E-state index is -0.350. The molecule has 154 valence electrons. The lowest BCUT2D eigenvalue weighted by atomic mass is 9.89. The van der Waals surface area contributed by atoms with Gasteiger partial charge in [0.05, 0.1) is 32.9 Å². The zero-order chi connectivity index (χ0) is 20.8. The molecule has 3 rings (SSSR count). The number of ketones is 1. The van der Waals surface area contributed by atoms with E-state index in [-0.39, 0.29) is 17.7 Å². The number of hydrogen-bond donors (Lipinski definition) is 0. The van der Waals surface area contributed by atoms with Gasteiger partial charge in [0.2, 0.25) is 0 Å². The molecule has 0 N–H and O–H groups in total. The number of hydrogen-bond acceptors (Lipinski definition) is 5. The Bertz CT molecular complexity index is 869. The lowest BCUT2D eigenvalue weighted by Gasteiger charge is -2.23. The topological polar surface area (TPSA) is 48.0 Å². The molecular weight excluding hydrogens is 366 g/mol. The van der Waals surface area contributed by atoms with E-state index >= 15 is 0 Å². The summed E-state index contributed by atoms with van der Waals surface area (Å²) >= 11 is 0. The molecule has 1 aromatic rings. The van der Waals surface area contributed by atoms with E-state index in [1.165, 1.54) is 12.8 Å². The standard InChI is InChI=1S/C24H29NO4/c1-17(18-11-12-21(27-2)23(15-18)29-4)24(26)20-10-6-5-9-19(16-22(20)28-3)25-13-7-8-14-25/h10-12,15-17,19H,6-8,13-14H2,1-4H3/t17-,19-/m0/s1. The van der Waals surface area contributed by atoms with Crippen LogP contribution in [0.3, 0.4) is 0 Å². The molecule has 0 aromatic heterocycles. The second-order valence-corrected chi connectivity index (χ2v) is 7.27. The molecule has 0 spiro atoms. The molecule has 0 radical (unpaired) electrons. The number of likely N-dealkylation sites (tertiary alicyclic amines) is 1. The highest BCUT2D eigenvalue weighted by Crippen LogP contribution is 2.33. The van der Waals surface area contributed by atoms with Crippen molar-refractivity contribution in [3.8, 4) is 23.3 Å². The number of ether oxygens (including phenoxy) is 3. The van der Waals surface area contributed by atoms with Gasteiger partial charge in [-0.2, -0.15) is 0 Å². The van der Waals surface area contributed by atoms with Gasteiger partial charge >= 0.3 is 0 Å². The predicted octanol–water partition coefficient (Wildman–Crippen LogP) is 3.70. The van der Waals surface area contributed by atoms with Crippen molar-refractivity contribution in [2.45, 2.75) is 38.1 Å². The number of methoxy groups -OCH3 is 3. The van der Waals surface area contributed by atoms with Crippen molar-refractivity contribution in [3.05, 3.63) is 47.2 Å². The van der Waals surface area contributed by atoms with Gasteiger partial charge in [0, 0.05) is 12.3 Å². The average molecular weight is 395 g/mol. The molecule has 1 aliphatic heterocycles. The summed E-state index contributed by atoms with van der Waals surface area (Å²) in [5, 5.41) is 0. The van der Waals surface area contributed by atoms with Crippen LogP contribution in [0.2, 0.25) is 0 Å². The van der Waals surface area contributed by atoms with Gasteiger partial charge in [-0.05, 0) is 49.7 Å². The van der Waals surface area contributed by atoms with Crippen molar-refractivity contribution in [2.75, 3.05) is 34.4 Å². The maximum Gasteiger partial charge on any atom is 0.173 e. The summed E-state index contributed by atoms with van der Waals surface area (Å²) in [5.41, 5.74) is 1.46. The molecule has 2 aliphatic rings. The van der Waals surface area contributed by atoms with Crippen LogP contribution in [0.4, 0.5) is 0 Å². The van der Waals surface area contributed by atoms with Gasteiger partial charge in [-0.15, -0.1) is 0 Å². The summed E-state index contributed by atoms with van der Waals surface area (Å²) in [6.45, 7) is 3.96. The minimum absolute atomic E-state index is 0.00851. The van der Waals surface area contributed by atoms with Gasteiger partial charge in [-0.3, -0.25) is 9.69 Å². The summed E-state index contributed by atoms with van der Waals surface area (Å²) < 4.78 is 16.3. The Morgan fingerprint density at radius 3 is 2.48 bits per heavy atom. The van der Waals surface area contributed by atoms with Crippen molar-refractivity contribution >= 4 is 5.78 Å². The zero-order valence-electron chi connectivity index (χ0n) is 17.7. The third-order valence-corrected chi connectivity index (χ3v) is 5.55. The molecule has 1 saturated heterocycles. The third-order valence-electron chi connectivity index (χ3n) is 5.55. The Kier molecular flexibility index (Phi) is 7.00. The number of Topliss-reactive ketones (excluding diaryl/α,β-unsaturated/α-hetero) is 1. The van der Waals surface area contributed by atoms with E-state index in [0.717, 1.165) is 18.7 Å². The summed E-state index contributed by atoms with van der Waals surface area (Å²) in [5.74, 6) is 8.02. The first kappa shape index (κ1) is 21.0. The molecule has 0 amide bonds. The number of benzene rings is 1. The second kappa shape index (κ2) is 9.67. The Balaban J connectivity index is 1.88. The van der Waals surface area contributed by atoms with Gasteiger partial charge in [-0.25, -0.2) is 0 Å². The summed E-state index contributed by atoms with van der Waals surface area (Å²) in [4.78, 5) is 15.7. The molecular formula is C24H29NO4. The van der Waals surface area contributed by atoms with E-state index in [2.05, 4.69) is 16.7 Å². The molecule has 1 fully saturated rings. The molecule has 0 saturated carbocycles. The van der Waals surface area contributed by atoms with Crippen LogP contribution in [0.1, 0.15) is 37.7 Å². The fraction of sp³-hybridized carbons (Fsp3) is 0.458. The monoisotopic (exact) mass is 395 g/mol. The van der Waals surface area contributed by atoms with Crippen LogP contribution in [0.15, 0.2) is 41.7 Å². The van der Waals surface area contributed by atoms with Crippen LogP contribution in [0.25, 0.3) is 0 Å². The van der Waals surface area contributed by atoms with E-state index in [4.69, 9.17) is 14.2 Å². The normalized spacial score (nSPS) is 20.3. The first-order valence-electron chi connectivity index (χ1n) is 10.0. The molecule has 29 heavy (non-hydrogen) atoms. The van der Waals surface area contributed by atoms with Crippen molar-refractivity contribution < 1.29 is 19.0 Å². The van der Waals surface area contributed by atoms with E-state index in [1.54, 1.807) is 21.3 Å². The zero-order valence-corrected chi connectivity index (χ0v) is 17.7. The largest absolute Gasteiger partial charge is 0.496 e. The number of carbonyl (C=O) groups is 1. The van der Waals surface area contributed by atoms with Crippen LogP contribution >= 0.6 is 0 Å². The summed E-state index contributed by atoms with van der Waals surface area (Å²) in [6.07, 6.45) is 6.77. The molecule has 1 heterocycles. The van der Waals surface area contributed by atoms with Crippen LogP contribution in [0.5, 0.6) is 11.5 Å². The smallest absolute Gasteiger partial charge is 0.173 e. The maximum atomic E-state index is 13.4. The van der Waals surface area contributed by atoms with Gasteiger partial charge < -0.3 is 14.2 Å². The fourth-order valence-corrected chi connectivity index (χ4v) is 3.82. The quantitative estimate of drug-likeness (QED) is 0.659. The van der Waals surface area contributed by atoms with Crippen LogP contribution < -0.4 is 9.47 Å². The molecule has 5 nitrogen and oxygen atoms in total. The molecule has 0 unspecified atom stereocenters.